The van der Waals surface area contributed by atoms with Gasteiger partial charge in [0.05, 0.1) is 16.1 Å². The molecule has 0 aliphatic carbocycles. The lowest BCUT2D eigenvalue weighted by molar-refractivity contribution is -0.157. The molecule has 36 heavy (non-hydrogen) atoms. The van der Waals surface area contributed by atoms with Crippen LogP contribution in [0.1, 0.15) is 89.3 Å². The van der Waals surface area contributed by atoms with Crippen molar-refractivity contribution in [2.45, 2.75) is 104 Å². The van der Waals surface area contributed by atoms with Gasteiger partial charge in [-0.05, 0) is 77.0 Å². The van der Waals surface area contributed by atoms with Crippen molar-refractivity contribution in [1.29, 1.82) is 0 Å². The van der Waals surface area contributed by atoms with Gasteiger partial charge in [0.1, 0.15) is 11.6 Å². The van der Waals surface area contributed by atoms with E-state index >= 15 is 0 Å². The van der Waals surface area contributed by atoms with Crippen LogP contribution < -0.4 is 10.8 Å². The van der Waals surface area contributed by atoms with Gasteiger partial charge in [-0.2, -0.15) is 0 Å². The first kappa shape index (κ1) is 28.4. The average molecular weight is 514 g/mol. The fourth-order valence-corrected chi connectivity index (χ4v) is 4.65. The summed E-state index contributed by atoms with van der Waals surface area (Å²) in [6, 6.07) is 10.7. The Kier molecular flexibility index (Phi) is 7.86. The molecule has 2 aromatic rings. The molecule has 1 aromatic heterocycles. The summed E-state index contributed by atoms with van der Waals surface area (Å²) >= 11 is 1.44. The van der Waals surface area contributed by atoms with Crippen LogP contribution in [-0.2, 0) is 30.7 Å². The van der Waals surface area contributed by atoms with Crippen LogP contribution in [0.15, 0.2) is 36.4 Å². The molecule has 1 aliphatic heterocycles. The Morgan fingerprint density at radius 2 is 1.50 bits per heavy atom. The predicted octanol–water partition coefficient (Wildman–Crippen LogP) is 5.03. The highest BCUT2D eigenvalue weighted by Gasteiger charge is 2.51. The molecule has 1 unspecified atom stereocenters. The molecule has 1 atom stereocenters. The fourth-order valence-electron chi connectivity index (χ4n) is 3.68. The Hall–Kier alpha value is -2.16. The molecule has 3 rings (SSSR count). The Morgan fingerprint density at radius 1 is 0.944 bits per heavy atom. The van der Waals surface area contributed by atoms with E-state index < -0.39 is 35.9 Å². The van der Waals surface area contributed by atoms with Gasteiger partial charge < -0.3 is 19.4 Å². The van der Waals surface area contributed by atoms with Crippen molar-refractivity contribution >= 4 is 35.8 Å². The van der Waals surface area contributed by atoms with Crippen LogP contribution in [0.25, 0.3) is 0 Å². The molecule has 2 heterocycles. The number of esters is 1. The molecule has 1 N–H and O–H groups in total. The molecule has 1 saturated heterocycles. The van der Waals surface area contributed by atoms with Crippen LogP contribution in [0.2, 0.25) is 0 Å². The summed E-state index contributed by atoms with van der Waals surface area (Å²) in [6.45, 7) is 19.9. The lowest BCUT2D eigenvalue weighted by Crippen LogP contribution is -2.45. The summed E-state index contributed by atoms with van der Waals surface area (Å²) < 4.78 is 17.9. The molecule has 0 saturated carbocycles. The monoisotopic (exact) mass is 513 g/mol. The molecule has 1 aromatic carbocycles. The number of nitrogens with one attached hydrogen (secondary N) is 1. The molecular formula is C28H40BNO5S. The molecule has 0 spiro atoms. The van der Waals surface area contributed by atoms with Crippen molar-refractivity contribution in [3.8, 4) is 0 Å². The van der Waals surface area contributed by atoms with Gasteiger partial charge in [-0.25, -0.2) is 4.79 Å². The molecule has 1 fully saturated rings. The number of ether oxygens (including phenoxy) is 1. The second kappa shape index (κ2) is 9.95. The average Bonchev–Trinajstić information content (AvgIpc) is 3.29. The third-order valence-electron chi connectivity index (χ3n) is 6.51. The van der Waals surface area contributed by atoms with Crippen molar-refractivity contribution < 1.29 is 23.6 Å². The van der Waals surface area contributed by atoms with Crippen molar-refractivity contribution in [1.82, 2.24) is 5.32 Å². The molecular weight excluding hydrogens is 473 g/mol. The smallest absolute Gasteiger partial charge is 0.458 e. The highest BCUT2D eigenvalue weighted by molar-refractivity contribution is 7.14. The summed E-state index contributed by atoms with van der Waals surface area (Å²) in [7, 11) is -0.457. The van der Waals surface area contributed by atoms with E-state index in [1.54, 1.807) is 0 Å². The number of rotatable bonds is 6. The molecule has 1 aliphatic rings. The summed E-state index contributed by atoms with van der Waals surface area (Å²) in [4.78, 5) is 27.8. The van der Waals surface area contributed by atoms with Crippen molar-refractivity contribution in [3.63, 3.8) is 0 Å². The van der Waals surface area contributed by atoms with Gasteiger partial charge in [0.25, 0.3) is 5.91 Å². The Balaban J connectivity index is 1.77. The first-order valence-corrected chi connectivity index (χ1v) is 13.3. The summed E-state index contributed by atoms with van der Waals surface area (Å²) in [6.07, 6.45) is 0.307. The molecule has 0 radical (unpaired) electrons. The number of carbonyl (C=O) groups excluding carboxylic acids is 2. The van der Waals surface area contributed by atoms with E-state index in [2.05, 4.69) is 26.1 Å². The van der Waals surface area contributed by atoms with Crippen LogP contribution in [0.5, 0.6) is 0 Å². The second-order valence-electron chi connectivity index (χ2n) is 12.5. The van der Waals surface area contributed by atoms with Gasteiger partial charge in [0.15, 0.2) is 0 Å². The lowest BCUT2D eigenvalue weighted by atomic mass is 9.78. The van der Waals surface area contributed by atoms with Gasteiger partial charge in [0.2, 0.25) is 0 Å². The summed E-state index contributed by atoms with van der Waals surface area (Å²) in [5.41, 5.74) is 0.251. The summed E-state index contributed by atoms with van der Waals surface area (Å²) in [5.74, 6) is -0.737. The quantitative estimate of drug-likeness (QED) is 0.434. The van der Waals surface area contributed by atoms with Crippen molar-refractivity contribution in [2.75, 3.05) is 0 Å². The normalized spacial score (nSPS) is 18.1. The Labute approximate surface area is 220 Å². The van der Waals surface area contributed by atoms with Gasteiger partial charge >= 0.3 is 13.1 Å². The number of amides is 1. The van der Waals surface area contributed by atoms with Crippen molar-refractivity contribution in [3.05, 3.63) is 51.7 Å². The number of benzene rings is 1. The van der Waals surface area contributed by atoms with Gasteiger partial charge in [-0.1, -0.05) is 45.0 Å². The van der Waals surface area contributed by atoms with Crippen LogP contribution >= 0.6 is 11.3 Å². The Morgan fingerprint density at radius 3 is 1.97 bits per heavy atom. The number of hydrogen-bond donors (Lipinski definition) is 1. The lowest BCUT2D eigenvalue weighted by Gasteiger charge is -2.32. The van der Waals surface area contributed by atoms with Gasteiger partial charge in [-0.3, -0.25) is 4.79 Å². The fraction of sp³-hybridized carbons (Fsp3) is 0.571. The maximum absolute atomic E-state index is 13.1. The zero-order valence-corrected chi connectivity index (χ0v) is 24.1. The Bertz CT molecular complexity index is 1080. The van der Waals surface area contributed by atoms with E-state index in [0.717, 1.165) is 15.9 Å². The van der Waals surface area contributed by atoms with E-state index in [0.29, 0.717) is 11.3 Å². The van der Waals surface area contributed by atoms with Gasteiger partial charge in [-0.15, -0.1) is 11.3 Å². The number of thiophene rings is 1. The molecule has 8 heteroatoms. The van der Waals surface area contributed by atoms with Crippen LogP contribution in [0.4, 0.5) is 0 Å². The summed E-state index contributed by atoms with van der Waals surface area (Å²) in [5, 5.41) is 2.91. The molecule has 0 bridgehead atoms. The van der Waals surface area contributed by atoms with Crippen LogP contribution in [0, 0.1) is 0 Å². The molecule has 1 amide bonds. The first-order valence-electron chi connectivity index (χ1n) is 12.5. The van der Waals surface area contributed by atoms with E-state index in [9.17, 15) is 9.59 Å². The van der Waals surface area contributed by atoms with E-state index in [1.807, 2.05) is 84.9 Å². The zero-order chi connectivity index (χ0) is 27.1. The highest BCUT2D eigenvalue weighted by Crippen LogP contribution is 2.36. The third kappa shape index (κ3) is 6.78. The van der Waals surface area contributed by atoms with E-state index in [-0.39, 0.29) is 11.3 Å². The SMILES string of the molecule is CC(C)(C)OC(=O)C(Cc1ccc(B2OC(C)(C)C(C)(C)O2)cc1)NC(=O)c1ccc(C(C)(C)C)s1. The maximum atomic E-state index is 13.1. The van der Waals surface area contributed by atoms with Crippen LogP contribution in [0.3, 0.4) is 0 Å². The standard InChI is InChI=1S/C28H40BNO5S/c1-25(2,3)22-16-15-21(36-22)23(31)30-20(24(32)33-26(4,5)6)17-18-11-13-19(14-12-18)29-34-27(7,8)28(9,10)35-29/h11-16,20H,17H2,1-10H3,(H,30,31). The highest BCUT2D eigenvalue weighted by atomic mass is 32.1. The minimum atomic E-state index is -0.820. The van der Waals surface area contributed by atoms with Gasteiger partial charge in [0, 0.05) is 11.3 Å². The van der Waals surface area contributed by atoms with E-state index in [1.165, 1.54) is 11.3 Å². The minimum absolute atomic E-state index is 0.0489. The zero-order valence-electron chi connectivity index (χ0n) is 23.3. The number of carbonyl (C=O) groups is 2. The maximum Gasteiger partial charge on any atom is 0.494 e. The van der Waals surface area contributed by atoms with Crippen LogP contribution in [-0.4, -0.2) is 41.8 Å². The topological polar surface area (TPSA) is 73.9 Å². The third-order valence-corrected chi connectivity index (χ3v) is 8.02. The largest absolute Gasteiger partial charge is 0.494 e. The minimum Gasteiger partial charge on any atom is -0.458 e. The molecule has 196 valence electrons. The van der Waals surface area contributed by atoms with E-state index in [4.69, 9.17) is 14.0 Å². The molecule has 6 nitrogen and oxygen atoms in total. The first-order chi connectivity index (χ1) is 16.4. The number of hydrogen-bond acceptors (Lipinski definition) is 6. The van der Waals surface area contributed by atoms with Crippen molar-refractivity contribution in [2.24, 2.45) is 0 Å². The second-order valence-corrected chi connectivity index (χ2v) is 13.6. The predicted molar refractivity (Wildman–Crippen MR) is 146 cm³/mol.